The maximum Gasteiger partial charge on any atom is 0.235 e. The Morgan fingerprint density at radius 1 is 1.24 bits per heavy atom. The van der Waals surface area contributed by atoms with Crippen LogP contribution in [0.5, 0.6) is 0 Å². The van der Waals surface area contributed by atoms with Gasteiger partial charge in [-0.3, -0.25) is 0 Å². The van der Waals surface area contributed by atoms with E-state index in [4.69, 9.17) is 0 Å². The minimum Gasteiger partial charge on any atom is -0.208 e. The van der Waals surface area contributed by atoms with Gasteiger partial charge in [-0.25, -0.2) is 12.7 Å². The van der Waals surface area contributed by atoms with Crippen molar-refractivity contribution in [3.8, 4) is 0 Å². The van der Waals surface area contributed by atoms with E-state index in [2.05, 4.69) is 0 Å². The van der Waals surface area contributed by atoms with E-state index in [9.17, 15) is 8.42 Å². The van der Waals surface area contributed by atoms with Gasteiger partial charge in [0.2, 0.25) is 10.0 Å². The van der Waals surface area contributed by atoms with Gasteiger partial charge in [-0.1, -0.05) is 43.7 Å². The van der Waals surface area contributed by atoms with Crippen LogP contribution >= 0.6 is 0 Å². The molecule has 0 heterocycles. The summed E-state index contributed by atoms with van der Waals surface area (Å²) in [7, 11) is -1.67. The van der Waals surface area contributed by atoms with Crippen molar-refractivity contribution in [1.29, 1.82) is 0 Å². The van der Waals surface area contributed by atoms with Gasteiger partial charge in [0, 0.05) is 19.0 Å². The van der Waals surface area contributed by atoms with Gasteiger partial charge in [-0.15, -0.1) is 0 Å². The summed E-state index contributed by atoms with van der Waals surface area (Å²) in [4.78, 5) is 0. The molecule has 1 aromatic rings. The van der Waals surface area contributed by atoms with Crippen molar-refractivity contribution in [2.24, 2.45) is 0 Å². The van der Waals surface area contributed by atoms with Crippen LogP contribution in [-0.2, 0) is 10.0 Å². The predicted octanol–water partition coefficient (Wildman–Crippen LogP) is 2.72. The number of hydrogen-bond acceptors (Lipinski definition) is 2. The zero-order chi connectivity index (χ0) is 12.7. The summed E-state index contributed by atoms with van der Waals surface area (Å²) >= 11 is 0. The maximum atomic E-state index is 11.8. The Morgan fingerprint density at radius 2 is 1.88 bits per heavy atom. The molecule has 0 aromatic heterocycles. The fourth-order valence-electron chi connectivity index (χ4n) is 1.34. The van der Waals surface area contributed by atoms with Crippen LogP contribution in [0.2, 0.25) is 0 Å². The minimum atomic E-state index is -3.28. The summed E-state index contributed by atoms with van der Waals surface area (Å²) < 4.78 is 25.1. The summed E-state index contributed by atoms with van der Waals surface area (Å²) in [5.41, 5.74) is 0.889. The number of unbranched alkanes of at least 4 members (excludes halogenated alkanes) is 1. The van der Waals surface area contributed by atoms with Crippen LogP contribution in [0.15, 0.2) is 35.7 Å². The van der Waals surface area contributed by atoms with Crippen molar-refractivity contribution < 1.29 is 8.42 Å². The van der Waals surface area contributed by atoms with Crippen LogP contribution in [-0.4, -0.2) is 26.3 Å². The van der Waals surface area contributed by atoms with Gasteiger partial charge in [-0.05, 0) is 18.1 Å². The Bertz CT molecular complexity index is 452. The summed E-state index contributed by atoms with van der Waals surface area (Å²) in [5.74, 6) is 0. The van der Waals surface area contributed by atoms with Gasteiger partial charge in [-0.2, -0.15) is 0 Å². The molecule has 0 atom stereocenters. The Labute approximate surface area is 104 Å². The van der Waals surface area contributed by atoms with E-state index in [0.717, 1.165) is 18.4 Å². The van der Waals surface area contributed by atoms with Gasteiger partial charge in [0.15, 0.2) is 0 Å². The zero-order valence-corrected chi connectivity index (χ0v) is 11.2. The molecule has 0 aliphatic carbocycles. The molecule has 94 valence electrons. The molecule has 1 aromatic carbocycles. The molecular weight excluding hydrogens is 234 g/mol. The third-order valence-electron chi connectivity index (χ3n) is 2.49. The SMILES string of the molecule is CCCCN(C)S(=O)(=O)C=Cc1ccccc1. The molecule has 0 aliphatic heterocycles. The summed E-state index contributed by atoms with van der Waals surface area (Å²) in [6.45, 7) is 2.61. The molecule has 0 spiro atoms. The van der Waals surface area contributed by atoms with Crippen molar-refractivity contribution in [3.63, 3.8) is 0 Å². The lowest BCUT2D eigenvalue weighted by Gasteiger charge is -2.13. The first kappa shape index (κ1) is 13.9. The number of sulfonamides is 1. The highest BCUT2D eigenvalue weighted by Crippen LogP contribution is 2.07. The van der Waals surface area contributed by atoms with Crippen molar-refractivity contribution in [2.75, 3.05) is 13.6 Å². The number of rotatable bonds is 6. The van der Waals surface area contributed by atoms with Crippen molar-refractivity contribution in [2.45, 2.75) is 19.8 Å². The molecule has 0 bridgehead atoms. The molecule has 4 heteroatoms. The van der Waals surface area contributed by atoms with E-state index in [1.807, 2.05) is 37.3 Å². The summed E-state index contributed by atoms with van der Waals surface area (Å²) in [6.07, 6.45) is 3.49. The molecule has 0 radical (unpaired) electrons. The maximum absolute atomic E-state index is 11.8. The first-order valence-electron chi connectivity index (χ1n) is 5.75. The number of hydrogen-bond donors (Lipinski definition) is 0. The van der Waals surface area contributed by atoms with E-state index in [1.54, 1.807) is 13.1 Å². The van der Waals surface area contributed by atoms with Gasteiger partial charge >= 0.3 is 0 Å². The van der Waals surface area contributed by atoms with Crippen molar-refractivity contribution in [3.05, 3.63) is 41.3 Å². The highest BCUT2D eigenvalue weighted by Gasteiger charge is 2.12. The molecule has 0 fully saturated rings. The standard InChI is InChI=1S/C13H19NO2S/c1-3-4-11-14(2)17(15,16)12-10-13-8-6-5-7-9-13/h5-10,12H,3-4,11H2,1-2H3. The van der Waals surface area contributed by atoms with Gasteiger partial charge in [0.25, 0.3) is 0 Å². The second-order valence-electron chi connectivity index (χ2n) is 3.93. The lowest BCUT2D eigenvalue weighted by atomic mass is 10.2. The van der Waals surface area contributed by atoms with Crippen molar-refractivity contribution in [1.82, 2.24) is 4.31 Å². The van der Waals surface area contributed by atoms with Gasteiger partial charge < -0.3 is 0 Å². The van der Waals surface area contributed by atoms with Crippen LogP contribution < -0.4 is 0 Å². The third kappa shape index (κ3) is 4.71. The minimum absolute atomic E-state index is 0.567. The lowest BCUT2D eigenvalue weighted by Crippen LogP contribution is -2.25. The highest BCUT2D eigenvalue weighted by molar-refractivity contribution is 7.92. The molecule has 3 nitrogen and oxygen atoms in total. The van der Waals surface area contributed by atoms with Crippen LogP contribution in [0.4, 0.5) is 0 Å². The molecule has 0 saturated carbocycles. The Morgan fingerprint density at radius 3 is 2.47 bits per heavy atom. The molecule has 1 rings (SSSR count). The highest BCUT2D eigenvalue weighted by atomic mass is 32.2. The molecular formula is C13H19NO2S. The molecule has 0 aliphatic rings. The second kappa shape index (κ2) is 6.57. The average Bonchev–Trinajstić information content (AvgIpc) is 2.35. The second-order valence-corrected chi connectivity index (χ2v) is 5.86. The first-order chi connectivity index (χ1) is 8.06. The zero-order valence-electron chi connectivity index (χ0n) is 10.3. The van der Waals surface area contributed by atoms with Gasteiger partial charge in [0.05, 0.1) is 0 Å². The molecule has 17 heavy (non-hydrogen) atoms. The largest absolute Gasteiger partial charge is 0.235 e. The van der Waals surface area contributed by atoms with Crippen molar-refractivity contribution >= 4 is 16.1 Å². The fraction of sp³-hybridized carbons (Fsp3) is 0.385. The predicted molar refractivity (Wildman–Crippen MR) is 71.9 cm³/mol. The van der Waals surface area contributed by atoms with E-state index < -0.39 is 10.0 Å². The Kier molecular flexibility index (Phi) is 5.38. The van der Waals surface area contributed by atoms with E-state index in [-0.39, 0.29) is 0 Å². The Balaban J connectivity index is 2.69. The summed E-state index contributed by atoms with van der Waals surface area (Å²) in [6, 6.07) is 9.41. The smallest absolute Gasteiger partial charge is 0.208 e. The quantitative estimate of drug-likeness (QED) is 0.781. The topological polar surface area (TPSA) is 37.4 Å². The molecule has 0 amide bonds. The number of nitrogens with zero attached hydrogens (tertiary/aromatic N) is 1. The van der Waals surface area contributed by atoms with Crippen LogP contribution in [0, 0.1) is 0 Å². The molecule has 0 unspecified atom stereocenters. The lowest BCUT2D eigenvalue weighted by molar-refractivity contribution is 0.467. The summed E-state index contributed by atoms with van der Waals surface area (Å²) in [5, 5.41) is 1.26. The van der Waals surface area contributed by atoms with Crippen LogP contribution in [0.25, 0.3) is 6.08 Å². The van der Waals surface area contributed by atoms with E-state index in [1.165, 1.54) is 9.71 Å². The monoisotopic (exact) mass is 253 g/mol. The van der Waals surface area contributed by atoms with Crippen LogP contribution in [0.3, 0.4) is 0 Å². The van der Waals surface area contributed by atoms with E-state index in [0.29, 0.717) is 6.54 Å². The fourth-order valence-corrected chi connectivity index (χ4v) is 2.26. The molecule has 0 N–H and O–H groups in total. The normalized spacial score (nSPS) is 12.4. The van der Waals surface area contributed by atoms with Crippen LogP contribution in [0.1, 0.15) is 25.3 Å². The Hall–Kier alpha value is -1.13. The first-order valence-corrected chi connectivity index (χ1v) is 7.26. The number of benzene rings is 1. The average molecular weight is 253 g/mol. The molecule has 0 saturated heterocycles. The third-order valence-corrected chi connectivity index (χ3v) is 4.02. The van der Waals surface area contributed by atoms with Gasteiger partial charge in [0.1, 0.15) is 0 Å². The van der Waals surface area contributed by atoms with E-state index >= 15 is 0 Å².